The first-order valence-corrected chi connectivity index (χ1v) is 7.34. The molecule has 0 spiro atoms. The van der Waals surface area contributed by atoms with Crippen LogP contribution in [0.1, 0.15) is 37.5 Å². The Hall–Kier alpha value is -1.82. The average molecular weight is 261 g/mol. The Labute approximate surface area is 122 Å². The zero-order valence-corrected chi connectivity index (χ0v) is 12.7. The van der Waals surface area contributed by atoms with Gasteiger partial charge in [-0.15, -0.1) is 0 Å². The van der Waals surface area contributed by atoms with Crippen molar-refractivity contribution in [2.24, 2.45) is 5.92 Å². The minimum absolute atomic E-state index is 0.555. The lowest BCUT2D eigenvalue weighted by Gasteiger charge is -2.16. The van der Waals surface area contributed by atoms with E-state index >= 15 is 0 Å². The molecule has 1 aliphatic rings. The Morgan fingerprint density at radius 2 is 1.55 bits per heavy atom. The number of aryl methyl sites for hydroxylation is 1. The van der Waals surface area contributed by atoms with E-state index < -0.39 is 0 Å². The lowest BCUT2D eigenvalue weighted by Crippen LogP contribution is -1.96. The van der Waals surface area contributed by atoms with Crippen LogP contribution >= 0.6 is 0 Å². The molecule has 0 heteroatoms. The fraction of sp³-hybridized carbons (Fsp3) is 0.250. The molecule has 0 amide bonds. The van der Waals surface area contributed by atoms with Gasteiger partial charge in [0.1, 0.15) is 0 Å². The molecule has 0 saturated carbocycles. The van der Waals surface area contributed by atoms with Crippen LogP contribution in [0.3, 0.4) is 0 Å². The van der Waals surface area contributed by atoms with Crippen molar-refractivity contribution in [2.45, 2.75) is 27.7 Å². The Bertz CT molecular complexity index is 670. The molecule has 1 radical (unpaired) electrons. The van der Waals surface area contributed by atoms with Gasteiger partial charge in [-0.3, -0.25) is 0 Å². The highest BCUT2D eigenvalue weighted by atomic mass is 14.3. The Balaban J connectivity index is 2.21. The number of allylic oxidation sites excluding steroid dienone is 2. The number of hydrogen-bond acceptors (Lipinski definition) is 0. The van der Waals surface area contributed by atoms with Crippen LogP contribution in [-0.2, 0) is 0 Å². The molecule has 0 saturated heterocycles. The zero-order chi connectivity index (χ0) is 14.3. The van der Waals surface area contributed by atoms with Gasteiger partial charge >= 0.3 is 0 Å². The maximum atomic E-state index is 2.32. The summed E-state index contributed by atoms with van der Waals surface area (Å²) in [6.45, 7) is 8.94. The summed E-state index contributed by atoms with van der Waals surface area (Å²) < 4.78 is 0. The molecule has 0 aliphatic heterocycles. The fourth-order valence-electron chi connectivity index (χ4n) is 3.22. The monoisotopic (exact) mass is 261 g/mol. The molecule has 0 heterocycles. The largest absolute Gasteiger partial charge is 0.0613 e. The molecule has 101 valence electrons. The topological polar surface area (TPSA) is 0 Å². The predicted octanol–water partition coefficient (Wildman–Crippen LogP) is 5.66. The minimum atomic E-state index is 0.555. The lowest BCUT2D eigenvalue weighted by molar-refractivity contribution is 0.853. The Kier molecular flexibility index (Phi) is 3.25. The van der Waals surface area contributed by atoms with Gasteiger partial charge in [-0.05, 0) is 47.6 Å². The highest BCUT2D eigenvalue weighted by Crippen LogP contribution is 2.43. The van der Waals surface area contributed by atoms with Crippen molar-refractivity contribution in [2.75, 3.05) is 0 Å². The van der Waals surface area contributed by atoms with E-state index in [9.17, 15) is 0 Å². The van der Waals surface area contributed by atoms with E-state index in [2.05, 4.69) is 76.6 Å². The van der Waals surface area contributed by atoms with Crippen LogP contribution in [0.2, 0.25) is 0 Å². The molecular weight excluding hydrogens is 240 g/mol. The first-order valence-electron chi connectivity index (χ1n) is 7.34. The summed E-state index contributed by atoms with van der Waals surface area (Å²) in [5.41, 5.74) is 9.69. The van der Waals surface area contributed by atoms with E-state index in [1.165, 1.54) is 39.0 Å². The van der Waals surface area contributed by atoms with Crippen molar-refractivity contribution >= 4 is 5.57 Å². The van der Waals surface area contributed by atoms with Crippen LogP contribution in [0.4, 0.5) is 0 Å². The van der Waals surface area contributed by atoms with Crippen LogP contribution in [0.25, 0.3) is 16.7 Å². The normalized spacial score (nSPS) is 14.1. The smallest absolute Gasteiger partial charge is 0.0164 e. The molecule has 0 nitrogen and oxygen atoms in total. The van der Waals surface area contributed by atoms with Crippen molar-refractivity contribution in [1.82, 2.24) is 0 Å². The summed E-state index contributed by atoms with van der Waals surface area (Å²) in [4.78, 5) is 0. The average Bonchev–Trinajstić information content (AvgIpc) is 2.75. The Morgan fingerprint density at radius 1 is 0.850 bits per heavy atom. The van der Waals surface area contributed by atoms with Gasteiger partial charge in [-0.1, -0.05) is 67.4 Å². The van der Waals surface area contributed by atoms with E-state index in [-0.39, 0.29) is 0 Å². The van der Waals surface area contributed by atoms with Crippen LogP contribution in [0.5, 0.6) is 0 Å². The molecule has 0 fully saturated rings. The van der Waals surface area contributed by atoms with E-state index in [1.807, 2.05) is 0 Å². The van der Waals surface area contributed by atoms with E-state index in [4.69, 9.17) is 0 Å². The predicted molar refractivity (Wildman–Crippen MR) is 87.4 cm³/mol. The second kappa shape index (κ2) is 4.94. The highest BCUT2D eigenvalue weighted by Gasteiger charge is 2.24. The fourth-order valence-corrected chi connectivity index (χ4v) is 3.22. The summed E-state index contributed by atoms with van der Waals surface area (Å²) >= 11 is 0. The summed E-state index contributed by atoms with van der Waals surface area (Å²) in [7, 11) is 0. The third-order valence-electron chi connectivity index (χ3n) is 4.10. The molecular formula is C20H21. The van der Waals surface area contributed by atoms with Crippen molar-refractivity contribution in [3.05, 3.63) is 71.1 Å². The van der Waals surface area contributed by atoms with Crippen molar-refractivity contribution in [3.8, 4) is 11.1 Å². The van der Waals surface area contributed by atoms with Crippen molar-refractivity contribution in [1.29, 1.82) is 0 Å². The third kappa shape index (κ3) is 2.10. The summed E-state index contributed by atoms with van der Waals surface area (Å²) in [6, 6.07) is 15.5. The van der Waals surface area contributed by atoms with Gasteiger partial charge in [0, 0.05) is 6.42 Å². The SMILES string of the molecule is CC1=C(C(C)C)c2c(cccc2-c2ccc(C)cc2)[CH]1. The van der Waals surface area contributed by atoms with Crippen molar-refractivity contribution in [3.63, 3.8) is 0 Å². The first-order chi connectivity index (χ1) is 9.58. The molecule has 0 aromatic heterocycles. The van der Waals surface area contributed by atoms with Crippen LogP contribution in [0.15, 0.2) is 48.0 Å². The second-order valence-corrected chi connectivity index (χ2v) is 6.03. The second-order valence-electron chi connectivity index (χ2n) is 6.03. The van der Waals surface area contributed by atoms with Crippen LogP contribution in [0, 0.1) is 19.3 Å². The van der Waals surface area contributed by atoms with Gasteiger partial charge in [0.15, 0.2) is 0 Å². The van der Waals surface area contributed by atoms with E-state index in [0.717, 1.165) is 0 Å². The minimum Gasteiger partial charge on any atom is -0.0613 e. The number of rotatable bonds is 2. The van der Waals surface area contributed by atoms with E-state index in [1.54, 1.807) is 0 Å². The van der Waals surface area contributed by atoms with E-state index in [0.29, 0.717) is 5.92 Å². The molecule has 1 aliphatic carbocycles. The quantitative estimate of drug-likeness (QED) is 0.654. The standard InChI is InChI=1S/C20H21/c1-13(2)19-15(4)12-17-6-5-7-18(20(17)19)16-10-8-14(3)9-11-16/h5-13H,1-4H3. The molecule has 0 atom stereocenters. The highest BCUT2D eigenvalue weighted by molar-refractivity contribution is 5.90. The van der Waals surface area contributed by atoms with Gasteiger partial charge in [0.2, 0.25) is 0 Å². The number of benzene rings is 2. The van der Waals surface area contributed by atoms with Crippen molar-refractivity contribution < 1.29 is 0 Å². The van der Waals surface area contributed by atoms with Gasteiger partial charge in [0.25, 0.3) is 0 Å². The number of hydrogen-bond donors (Lipinski definition) is 0. The van der Waals surface area contributed by atoms with Gasteiger partial charge in [-0.2, -0.15) is 0 Å². The summed E-state index contributed by atoms with van der Waals surface area (Å²) in [5, 5.41) is 0. The molecule has 20 heavy (non-hydrogen) atoms. The summed E-state index contributed by atoms with van der Waals surface area (Å²) in [6.07, 6.45) is 2.32. The van der Waals surface area contributed by atoms with Gasteiger partial charge < -0.3 is 0 Å². The molecule has 2 aromatic carbocycles. The third-order valence-corrected chi connectivity index (χ3v) is 4.10. The zero-order valence-electron chi connectivity index (χ0n) is 12.7. The van der Waals surface area contributed by atoms with Gasteiger partial charge in [-0.25, -0.2) is 0 Å². The lowest BCUT2D eigenvalue weighted by atomic mass is 9.88. The van der Waals surface area contributed by atoms with Crippen LogP contribution in [-0.4, -0.2) is 0 Å². The molecule has 3 rings (SSSR count). The first kappa shape index (κ1) is 13.2. The van der Waals surface area contributed by atoms with Gasteiger partial charge in [0.05, 0.1) is 0 Å². The molecule has 0 N–H and O–H groups in total. The Morgan fingerprint density at radius 3 is 2.20 bits per heavy atom. The molecule has 0 bridgehead atoms. The molecule has 2 aromatic rings. The van der Waals surface area contributed by atoms with Crippen LogP contribution < -0.4 is 0 Å². The maximum Gasteiger partial charge on any atom is 0.0164 e. The maximum absolute atomic E-state index is 2.32. The summed E-state index contributed by atoms with van der Waals surface area (Å²) in [5.74, 6) is 0.555. The molecule has 0 unspecified atom stereocenters. The number of fused-ring (bicyclic) bond motifs is 1.